The Hall–Kier alpha value is -0.930. The number of nitrogens with zero attached hydrogens (tertiary/aromatic N) is 1. The maximum atomic E-state index is 13.4. The van der Waals surface area contributed by atoms with Crippen LogP contribution in [-0.2, 0) is 6.42 Å². The van der Waals surface area contributed by atoms with Crippen LogP contribution in [0, 0.1) is 5.82 Å². The van der Waals surface area contributed by atoms with E-state index < -0.39 is 0 Å². The Morgan fingerprint density at radius 1 is 1.24 bits per heavy atom. The zero-order valence-corrected chi connectivity index (χ0v) is 10.2. The Balaban J connectivity index is 1.76. The number of rotatable bonds is 5. The van der Waals surface area contributed by atoms with E-state index in [-0.39, 0.29) is 11.9 Å². The topological polar surface area (TPSA) is 29.3 Å². The van der Waals surface area contributed by atoms with Gasteiger partial charge in [0.05, 0.1) is 0 Å². The molecule has 2 nitrogen and oxygen atoms in total. The van der Waals surface area contributed by atoms with Gasteiger partial charge in [-0.15, -0.1) is 0 Å². The van der Waals surface area contributed by atoms with E-state index in [0.29, 0.717) is 6.42 Å². The minimum atomic E-state index is -0.135. The number of likely N-dealkylation sites (tertiary alicyclic amines) is 1. The van der Waals surface area contributed by atoms with E-state index >= 15 is 0 Å². The van der Waals surface area contributed by atoms with Crippen molar-refractivity contribution < 1.29 is 4.39 Å². The Labute approximate surface area is 103 Å². The van der Waals surface area contributed by atoms with Crippen molar-refractivity contribution in [2.75, 3.05) is 19.6 Å². The zero-order chi connectivity index (χ0) is 12.1. The molecule has 0 spiro atoms. The molecule has 1 aromatic carbocycles. The molecule has 1 fully saturated rings. The van der Waals surface area contributed by atoms with Crippen molar-refractivity contribution in [2.24, 2.45) is 5.73 Å². The van der Waals surface area contributed by atoms with Gasteiger partial charge in [-0.1, -0.05) is 18.2 Å². The van der Waals surface area contributed by atoms with Crippen molar-refractivity contribution in [3.05, 3.63) is 35.6 Å². The molecule has 0 radical (unpaired) electrons. The average molecular weight is 236 g/mol. The van der Waals surface area contributed by atoms with Crippen LogP contribution < -0.4 is 5.73 Å². The van der Waals surface area contributed by atoms with E-state index in [1.807, 2.05) is 12.1 Å². The van der Waals surface area contributed by atoms with E-state index in [0.717, 1.165) is 18.5 Å². The standard InChI is InChI=1S/C14H21FN2/c15-14-6-2-1-5-12(14)11-13(16)7-10-17-8-3-4-9-17/h1-2,5-6,13H,3-4,7-11,16H2. The lowest BCUT2D eigenvalue weighted by Gasteiger charge is -2.18. The number of hydrogen-bond acceptors (Lipinski definition) is 2. The molecule has 1 aromatic rings. The van der Waals surface area contributed by atoms with E-state index in [2.05, 4.69) is 4.90 Å². The Morgan fingerprint density at radius 2 is 1.94 bits per heavy atom. The average Bonchev–Trinajstić information content (AvgIpc) is 2.82. The van der Waals surface area contributed by atoms with Crippen LogP contribution in [-0.4, -0.2) is 30.6 Å². The molecule has 1 unspecified atom stereocenters. The molecule has 3 heteroatoms. The van der Waals surface area contributed by atoms with Crippen LogP contribution in [0.5, 0.6) is 0 Å². The van der Waals surface area contributed by atoms with E-state index in [9.17, 15) is 4.39 Å². The van der Waals surface area contributed by atoms with Crippen LogP contribution in [0.1, 0.15) is 24.8 Å². The van der Waals surface area contributed by atoms with Gasteiger partial charge < -0.3 is 10.6 Å². The lowest BCUT2D eigenvalue weighted by atomic mass is 10.0. The van der Waals surface area contributed by atoms with Crippen molar-refractivity contribution in [1.29, 1.82) is 0 Å². The monoisotopic (exact) mass is 236 g/mol. The van der Waals surface area contributed by atoms with Gasteiger partial charge in [0.15, 0.2) is 0 Å². The first-order valence-corrected chi connectivity index (χ1v) is 6.47. The van der Waals surface area contributed by atoms with Crippen molar-refractivity contribution in [3.63, 3.8) is 0 Å². The zero-order valence-electron chi connectivity index (χ0n) is 10.2. The quantitative estimate of drug-likeness (QED) is 0.849. The number of halogens is 1. The molecule has 1 saturated heterocycles. The summed E-state index contributed by atoms with van der Waals surface area (Å²) in [4.78, 5) is 2.45. The highest BCUT2D eigenvalue weighted by molar-refractivity contribution is 5.18. The lowest BCUT2D eigenvalue weighted by molar-refractivity contribution is 0.320. The molecule has 17 heavy (non-hydrogen) atoms. The summed E-state index contributed by atoms with van der Waals surface area (Å²) in [5, 5.41) is 0. The fourth-order valence-corrected chi connectivity index (χ4v) is 2.40. The first-order chi connectivity index (χ1) is 8.25. The summed E-state index contributed by atoms with van der Waals surface area (Å²) in [5.74, 6) is -0.135. The smallest absolute Gasteiger partial charge is 0.126 e. The van der Waals surface area contributed by atoms with Crippen molar-refractivity contribution in [1.82, 2.24) is 4.90 Å². The number of hydrogen-bond donors (Lipinski definition) is 1. The largest absolute Gasteiger partial charge is 0.327 e. The van der Waals surface area contributed by atoms with Gasteiger partial charge in [0.1, 0.15) is 5.82 Å². The molecule has 2 N–H and O–H groups in total. The summed E-state index contributed by atoms with van der Waals surface area (Å²) in [5.41, 5.74) is 6.80. The number of nitrogens with two attached hydrogens (primary N) is 1. The van der Waals surface area contributed by atoms with Crippen molar-refractivity contribution >= 4 is 0 Å². The van der Waals surface area contributed by atoms with Gasteiger partial charge in [-0.05, 0) is 56.9 Å². The first kappa shape index (κ1) is 12.5. The highest BCUT2D eigenvalue weighted by atomic mass is 19.1. The van der Waals surface area contributed by atoms with Crippen LogP contribution in [0.15, 0.2) is 24.3 Å². The van der Waals surface area contributed by atoms with E-state index in [1.165, 1.54) is 32.0 Å². The molecule has 1 aliphatic heterocycles. The van der Waals surface area contributed by atoms with Gasteiger partial charge in [-0.3, -0.25) is 0 Å². The molecule has 1 atom stereocenters. The summed E-state index contributed by atoms with van der Waals surface area (Å²) in [6, 6.07) is 6.97. The second kappa shape index (κ2) is 6.12. The van der Waals surface area contributed by atoms with Crippen LogP contribution in [0.3, 0.4) is 0 Å². The fourth-order valence-electron chi connectivity index (χ4n) is 2.40. The third-order valence-corrected chi connectivity index (χ3v) is 3.45. The second-order valence-corrected chi connectivity index (χ2v) is 4.89. The van der Waals surface area contributed by atoms with Gasteiger partial charge >= 0.3 is 0 Å². The molecule has 1 aliphatic rings. The highest BCUT2D eigenvalue weighted by Gasteiger charge is 2.13. The van der Waals surface area contributed by atoms with Gasteiger partial charge in [0, 0.05) is 6.04 Å². The Kier molecular flexibility index (Phi) is 4.51. The molecule has 2 rings (SSSR count). The fraction of sp³-hybridized carbons (Fsp3) is 0.571. The minimum Gasteiger partial charge on any atom is -0.327 e. The summed E-state index contributed by atoms with van der Waals surface area (Å²) < 4.78 is 13.4. The van der Waals surface area contributed by atoms with E-state index in [4.69, 9.17) is 5.73 Å². The molecule has 0 aliphatic carbocycles. The van der Waals surface area contributed by atoms with Crippen LogP contribution in [0.2, 0.25) is 0 Å². The Bertz CT molecular complexity index is 348. The van der Waals surface area contributed by atoms with Crippen LogP contribution in [0.4, 0.5) is 4.39 Å². The first-order valence-electron chi connectivity index (χ1n) is 6.47. The SMILES string of the molecule is NC(CCN1CCCC1)Cc1ccccc1F. The molecule has 0 aromatic heterocycles. The van der Waals surface area contributed by atoms with Crippen LogP contribution >= 0.6 is 0 Å². The third kappa shape index (κ3) is 3.79. The maximum absolute atomic E-state index is 13.4. The minimum absolute atomic E-state index is 0.0625. The molecule has 0 saturated carbocycles. The van der Waals surface area contributed by atoms with Gasteiger partial charge in [0.25, 0.3) is 0 Å². The molecular weight excluding hydrogens is 215 g/mol. The second-order valence-electron chi connectivity index (χ2n) is 4.89. The molecule has 0 bridgehead atoms. The third-order valence-electron chi connectivity index (χ3n) is 3.45. The molecule has 94 valence electrons. The van der Waals surface area contributed by atoms with Gasteiger partial charge in [-0.25, -0.2) is 4.39 Å². The summed E-state index contributed by atoms with van der Waals surface area (Å²) in [6.07, 6.45) is 4.21. The van der Waals surface area contributed by atoms with Crippen molar-refractivity contribution in [2.45, 2.75) is 31.7 Å². The lowest BCUT2D eigenvalue weighted by Crippen LogP contribution is -2.30. The predicted octanol–water partition coefficient (Wildman–Crippen LogP) is 2.18. The Morgan fingerprint density at radius 3 is 2.65 bits per heavy atom. The van der Waals surface area contributed by atoms with Crippen molar-refractivity contribution in [3.8, 4) is 0 Å². The van der Waals surface area contributed by atoms with E-state index in [1.54, 1.807) is 6.07 Å². The normalized spacial score (nSPS) is 18.5. The van der Waals surface area contributed by atoms with Gasteiger partial charge in [0.2, 0.25) is 0 Å². The molecular formula is C14H21FN2. The summed E-state index contributed by atoms with van der Waals surface area (Å²) in [7, 11) is 0. The van der Waals surface area contributed by atoms with Gasteiger partial charge in [-0.2, -0.15) is 0 Å². The highest BCUT2D eigenvalue weighted by Crippen LogP contribution is 2.12. The molecule has 0 amide bonds. The number of benzene rings is 1. The summed E-state index contributed by atoms with van der Waals surface area (Å²) >= 11 is 0. The van der Waals surface area contributed by atoms with Crippen LogP contribution in [0.25, 0.3) is 0 Å². The predicted molar refractivity (Wildman–Crippen MR) is 68.4 cm³/mol. The summed E-state index contributed by atoms with van der Waals surface area (Å²) in [6.45, 7) is 3.45. The maximum Gasteiger partial charge on any atom is 0.126 e. The molecule has 1 heterocycles.